The van der Waals surface area contributed by atoms with Crippen LogP contribution in [0, 0.1) is 0 Å². The van der Waals surface area contributed by atoms with Gasteiger partial charge in [-0.3, -0.25) is 4.79 Å². The fourth-order valence-electron chi connectivity index (χ4n) is 2.38. The molecule has 1 amide bonds. The van der Waals surface area contributed by atoms with Crippen molar-refractivity contribution >= 4 is 18.3 Å². The highest BCUT2D eigenvalue weighted by Crippen LogP contribution is 2.28. The Kier molecular flexibility index (Phi) is 12.1. The van der Waals surface area contributed by atoms with Crippen LogP contribution in [0.4, 0.5) is 0 Å². The minimum Gasteiger partial charge on any atom is -0.490 e. The highest BCUT2D eigenvalue weighted by atomic mass is 35.5. The zero-order chi connectivity index (χ0) is 18.7. The first-order valence-electron chi connectivity index (χ1n) is 9.26. The number of carbonyl (C=O) groups excluding carboxylic acids is 1. The maximum Gasteiger partial charge on any atom is 0.258 e. The minimum absolute atomic E-state index is 0. The van der Waals surface area contributed by atoms with E-state index in [-0.39, 0.29) is 30.5 Å². The number of amides is 1. The van der Waals surface area contributed by atoms with Crippen molar-refractivity contribution in [3.63, 3.8) is 0 Å². The molecule has 0 radical (unpaired) electrons. The van der Waals surface area contributed by atoms with Crippen molar-refractivity contribution in [1.29, 1.82) is 0 Å². The van der Waals surface area contributed by atoms with Crippen LogP contribution in [0.3, 0.4) is 0 Å². The molecule has 1 aromatic rings. The second kappa shape index (κ2) is 12.8. The van der Waals surface area contributed by atoms with Crippen molar-refractivity contribution in [2.45, 2.75) is 66.0 Å². The standard InChI is InChI=1S/C20H34N2O3.ClH/c1-6-8-9-12-21-14-16-10-11-17(18(13-16)24-7-2)25-15-19(23)22-20(3,4)5;/h10-11,13,21H,6-9,12,14-15H2,1-5H3,(H,22,23);1H. The van der Waals surface area contributed by atoms with Gasteiger partial charge in [0.15, 0.2) is 18.1 Å². The zero-order valence-electron chi connectivity index (χ0n) is 16.8. The molecule has 5 nitrogen and oxygen atoms in total. The van der Waals surface area contributed by atoms with E-state index >= 15 is 0 Å². The van der Waals surface area contributed by atoms with Crippen LogP contribution >= 0.6 is 12.4 Å². The number of hydrogen-bond acceptors (Lipinski definition) is 4. The van der Waals surface area contributed by atoms with E-state index in [0.717, 1.165) is 18.7 Å². The summed E-state index contributed by atoms with van der Waals surface area (Å²) in [6.07, 6.45) is 3.67. The molecular weight excluding hydrogens is 352 g/mol. The second-order valence-corrected chi connectivity index (χ2v) is 7.18. The SMILES string of the molecule is CCCCCNCc1ccc(OCC(=O)NC(C)(C)C)c(OCC)c1.Cl. The molecule has 0 fully saturated rings. The van der Waals surface area contributed by atoms with E-state index in [2.05, 4.69) is 17.6 Å². The summed E-state index contributed by atoms with van der Waals surface area (Å²) < 4.78 is 11.3. The minimum atomic E-state index is -0.267. The Morgan fingerprint density at radius 2 is 1.81 bits per heavy atom. The van der Waals surface area contributed by atoms with E-state index in [1.807, 2.05) is 45.9 Å². The molecule has 0 aliphatic heterocycles. The number of hydrogen-bond donors (Lipinski definition) is 2. The predicted molar refractivity (Wildman–Crippen MR) is 109 cm³/mol. The first-order chi connectivity index (χ1) is 11.9. The monoisotopic (exact) mass is 386 g/mol. The lowest BCUT2D eigenvalue weighted by Crippen LogP contribution is -2.43. The smallest absolute Gasteiger partial charge is 0.258 e. The number of ether oxygens (including phenoxy) is 2. The van der Waals surface area contributed by atoms with Crippen molar-refractivity contribution in [2.24, 2.45) is 0 Å². The Hall–Kier alpha value is -1.46. The number of unbranched alkanes of at least 4 members (excludes halogenated alkanes) is 2. The van der Waals surface area contributed by atoms with Gasteiger partial charge in [0.1, 0.15) is 0 Å². The van der Waals surface area contributed by atoms with Gasteiger partial charge in [0.05, 0.1) is 6.61 Å². The van der Waals surface area contributed by atoms with Crippen LogP contribution in [0.2, 0.25) is 0 Å². The summed E-state index contributed by atoms with van der Waals surface area (Å²) in [6.45, 7) is 12.3. The maximum absolute atomic E-state index is 11.9. The van der Waals surface area contributed by atoms with Crippen molar-refractivity contribution in [2.75, 3.05) is 19.8 Å². The summed E-state index contributed by atoms with van der Waals surface area (Å²) in [7, 11) is 0. The van der Waals surface area contributed by atoms with Crippen LogP contribution in [0.5, 0.6) is 11.5 Å². The van der Waals surface area contributed by atoms with Gasteiger partial charge in [-0.15, -0.1) is 12.4 Å². The summed E-state index contributed by atoms with van der Waals surface area (Å²) in [4.78, 5) is 11.9. The predicted octanol–water partition coefficient (Wildman–Crippen LogP) is 4.08. The molecule has 0 unspecified atom stereocenters. The average molecular weight is 387 g/mol. The van der Waals surface area contributed by atoms with Crippen LogP contribution < -0.4 is 20.1 Å². The van der Waals surface area contributed by atoms with E-state index in [4.69, 9.17) is 9.47 Å². The highest BCUT2D eigenvalue weighted by molar-refractivity contribution is 5.85. The topological polar surface area (TPSA) is 59.6 Å². The van der Waals surface area contributed by atoms with Crippen molar-refractivity contribution in [1.82, 2.24) is 10.6 Å². The fourth-order valence-corrected chi connectivity index (χ4v) is 2.38. The van der Waals surface area contributed by atoms with Crippen LogP contribution in [0.25, 0.3) is 0 Å². The highest BCUT2D eigenvalue weighted by Gasteiger charge is 2.15. The van der Waals surface area contributed by atoms with Gasteiger partial charge in [-0.25, -0.2) is 0 Å². The molecule has 0 atom stereocenters. The molecule has 150 valence electrons. The van der Waals surface area contributed by atoms with E-state index < -0.39 is 0 Å². The molecule has 0 aliphatic rings. The number of rotatable bonds is 11. The van der Waals surface area contributed by atoms with Gasteiger partial charge < -0.3 is 20.1 Å². The van der Waals surface area contributed by atoms with Crippen LogP contribution in [-0.4, -0.2) is 31.2 Å². The van der Waals surface area contributed by atoms with Gasteiger partial charge >= 0.3 is 0 Å². The molecule has 1 aromatic carbocycles. The Morgan fingerprint density at radius 3 is 2.42 bits per heavy atom. The molecule has 0 saturated carbocycles. The zero-order valence-corrected chi connectivity index (χ0v) is 17.6. The van der Waals surface area contributed by atoms with Gasteiger partial charge in [0.2, 0.25) is 0 Å². The molecule has 6 heteroatoms. The van der Waals surface area contributed by atoms with Crippen LogP contribution in [-0.2, 0) is 11.3 Å². The Bertz CT molecular complexity index is 530. The Morgan fingerprint density at radius 1 is 1.08 bits per heavy atom. The maximum atomic E-state index is 11.9. The van der Waals surface area contributed by atoms with Gasteiger partial charge in [-0.2, -0.15) is 0 Å². The fraction of sp³-hybridized carbons (Fsp3) is 0.650. The van der Waals surface area contributed by atoms with Crippen molar-refractivity contribution < 1.29 is 14.3 Å². The number of carbonyl (C=O) groups is 1. The molecule has 26 heavy (non-hydrogen) atoms. The van der Waals surface area contributed by atoms with E-state index in [1.54, 1.807) is 0 Å². The van der Waals surface area contributed by atoms with Crippen molar-refractivity contribution in [3.8, 4) is 11.5 Å². The first-order valence-corrected chi connectivity index (χ1v) is 9.26. The Balaban J connectivity index is 0.00000625. The normalized spacial score (nSPS) is 10.8. The number of nitrogens with one attached hydrogen (secondary N) is 2. The summed E-state index contributed by atoms with van der Waals surface area (Å²) in [5.74, 6) is 1.14. The average Bonchev–Trinajstić information content (AvgIpc) is 2.52. The van der Waals surface area contributed by atoms with E-state index in [0.29, 0.717) is 18.1 Å². The third-order valence-corrected chi connectivity index (χ3v) is 3.47. The summed E-state index contributed by atoms with van der Waals surface area (Å²) in [6, 6.07) is 5.86. The first kappa shape index (κ1) is 24.5. The van der Waals surface area contributed by atoms with Gasteiger partial charge in [-0.1, -0.05) is 25.8 Å². The molecule has 0 aliphatic carbocycles. The molecule has 0 aromatic heterocycles. The molecule has 0 heterocycles. The van der Waals surface area contributed by atoms with E-state index in [9.17, 15) is 4.79 Å². The van der Waals surface area contributed by atoms with Crippen molar-refractivity contribution in [3.05, 3.63) is 23.8 Å². The molecule has 0 saturated heterocycles. The number of halogens is 1. The molecular formula is C20H35ClN2O3. The van der Waals surface area contributed by atoms with Crippen LogP contribution in [0.1, 0.15) is 59.4 Å². The lowest BCUT2D eigenvalue weighted by molar-refractivity contribution is -0.124. The summed E-state index contributed by atoms with van der Waals surface area (Å²) in [5.41, 5.74) is 0.877. The quantitative estimate of drug-likeness (QED) is 0.562. The lowest BCUT2D eigenvalue weighted by Gasteiger charge is -2.21. The molecule has 1 rings (SSSR count). The lowest BCUT2D eigenvalue weighted by atomic mass is 10.1. The molecule has 2 N–H and O–H groups in total. The summed E-state index contributed by atoms with van der Waals surface area (Å²) >= 11 is 0. The van der Waals surface area contributed by atoms with E-state index in [1.165, 1.54) is 19.3 Å². The third-order valence-electron chi connectivity index (χ3n) is 3.47. The largest absolute Gasteiger partial charge is 0.490 e. The Labute approximate surface area is 164 Å². The second-order valence-electron chi connectivity index (χ2n) is 7.18. The summed E-state index contributed by atoms with van der Waals surface area (Å²) in [5, 5.41) is 6.32. The van der Waals surface area contributed by atoms with Crippen LogP contribution in [0.15, 0.2) is 18.2 Å². The van der Waals surface area contributed by atoms with Gasteiger partial charge in [-0.05, 0) is 58.4 Å². The van der Waals surface area contributed by atoms with Gasteiger partial charge in [0.25, 0.3) is 5.91 Å². The van der Waals surface area contributed by atoms with Gasteiger partial charge in [0, 0.05) is 12.1 Å². The number of benzene rings is 1. The molecule has 0 bridgehead atoms. The molecule has 0 spiro atoms. The third kappa shape index (κ3) is 10.5.